The molecule has 0 aromatic carbocycles. The summed E-state index contributed by atoms with van der Waals surface area (Å²) in [5.41, 5.74) is 1.79. The predicted octanol–water partition coefficient (Wildman–Crippen LogP) is 2.22. The Hall–Kier alpha value is -2.89. The van der Waals surface area contributed by atoms with Gasteiger partial charge in [0.2, 0.25) is 5.88 Å². The number of carbonyl (C=O) groups is 1. The van der Waals surface area contributed by atoms with Crippen LogP contribution in [0.15, 0.2) is 42.7 Å². The first kappa shape index (κ1) is 12.2. The Balaban J connectivity index is 1.95. The van der Waals surface area contributed by atoms with Gasteiger partial charge in [-0.1, -0.05) is 6.07 Å². The van der Waals surface area contributed by atoms with Crippen molar-refractivity contribution in [3.63, 3.8) is 0 Å². The highest BCUT2D eigenvalue weighted by Crippen LogP contribution is 2.20. The molecular weight excluding hydrogens is 256 g/mol. The maximum absolute atomic E-state index is 12.2. The molecule has 3 rings (SSSR count). The lowest BCUT2D eigenvalue weighted by Gasteiger charge is -2.03. The van der Waals surface area contributed by atoms with Crippen LogP contribution in [-0.4, -0.2) is 28.0 Å². The molecule has 0 fully saturated rings. The summed E-state index contributed by atoms with van der Waals surface area (Å²) in [5.74, 6) is 0.689. The molecule has 0 bridgehead atoms. The summed E-state index contributed by atoms with van der Waals surface area (Å²) in [7, 11) is 1.54. The fraction of sp³-hybridized carbons (Fsp3) is 0.0714. The summed E-state index contributed by atoms with van der Waals surface area (Å²) in [6, 6.07) is 8.87. The first-order chi connectivity index (χ1) is 9.78. The van der Waals surface area contributed by atoms with Gasteiger partial charge in [0.15, 0.2) is 0 Å². The van der Waals surface area contributed by atoms with Crippen molar-refractivity contribution < 1.29 is 9.53 Å². The van der Waals surface area contributed by atoms with Crippen molar-refractivity contribution in [3.8, 4) is 5.88 Å². The van der Waals surface area contributed by atoms with Crippen LogP contribution in [0.4, 0.5) is 5.82 Å². The number of hydrogen-bond acceptors (Lipinski definition) is 4. The lowest BCUT2D eigenvalue weighted by molar-refractivity contribution is 0.102. The van der Waals surface area contributed by atoms with Gasteiger partial charge >= 0.3 is 0 Å². The molecule has 0 aliphatic heterocycles. The van der Waals surface area contributed by atoms with Crippen molar-refractivity contribution >= 4 is 22.8 Å². The van der Waals surface area contributed by atoms with E-state index in [1.165, 1.54) is 7.11 Å². The largest absolute Gasteiger partial charge is 0.481 e. The van der Waals surface area contributed by atoms with Gasteiger partial charge in [-0.25, -0.2) is 9.97 Å². The molecule has 6 nitrogen and oxygen atoms in total. The van der Waals surface area contributed by atoms with Gasteiger partial charge in [-0.05, 0) is 18.2 Å². The topological polar surface area (TPSA) is 79.9 Å². The third-order valence-corrected chi connectivity index (χ3v) is 2.86. The Kier molecular flexibility index (Phi) is 3.04. The van der Waals surface area contributed by atoms with Gasteiger partial charge in [-0.2, -0.15) is 0 Å². The molecule has 20 heavy (non-hydrogen) atoms. The van der Waals surface area contributed by atoms with E-state index in [-0.39, 0.29) is 5.91 Å². The highest BCUT2D eigenvalue weighted by Gasteiger charge is 2.14. The van der Waals surface area contributed by atoms with E-state index in [0.29, 0.717) is 22.8 Å². The van der Waals surface area contributed by atoms with E-state index in [1.54, 1.807) is 36.7 Å². The Morgan fingerprint density at radius 1 is 1.30 bits per heavy atom. The number of H-pyrrole nitrogens is 1. The van der Waals surface area contributed by atoms with Crippen molar-refractivity contribution in [1.82, 2.24) is 15.0 Å². The minimum absolute atomic E-state index is 0.268. The maximum Gasteiger partial charge on any atom is 0.260 e. The third-order valence-electron chi connectivity index (χ3n) is 2.86. The smallest absolute Gasteiger partial charge is 0.260 e. The quantitative estimate of drug-likeness (QED) is 0.763. The number of nitrogens with one attached hydrogen (secondary N) is 2. The maximum atomic E-state index is 12.2. The van der Waals surface area contributed by atoms with Crippen LogP contribution < -0.4 is 10.1 Å². The van der Waals surface area contributed by atoms with Crippen LogP contribution >= 0.6 is 0 Å². The first-order valence-electron chi connectivity index (χ1n) is 6.02. The highest BCUT2D eigenvalue weighted by atomic mass is 16.5. The van der Waals surface area contributed by atoms with E-state index in [4.69, 9.17) is 4.74 Å². The molecule has 3 heterocycles. The summed E-state index contributed by atoms with van der Waals surface area (Å²) >= 11 is 0. The second kappa shape index (κ2) is 5.00. The first-order valence-corrected chi connectivity index (χ1v) is 6.02. The van der Waals surface area contributed by atoms with Gasteiger partial charge in [0.25, 0.3) is 5.91 Å². The number of nitrogens with zero attached hydrogens (tertiary/aromatic N) is 2. The molecule has 100 valence electrons. The van der Waals surface area contributed by atoms with Crippen molar-refractivity contribution in [2.75, 3.05) is 12.4 Å². The molecule has 1 amide bonds. The standard InChI is InChI=1S/C14H12N4O2/c1-20-12-6-5-10-13(18-12)9(8-16-10)14(19)17-11-4-2-3-7-15-11/h2-8,16H,1H3,(H,15,17,19). The number of methoxy groups -OCH3 is 1. The minimum Gasteiger partial charge on any atom is -0.481 e. The molecule has 0 spiro atoms. The summed E-state index contributed by atoms with van der Waals surface area (Å²) in [5, 5.41) is 2.72. The van der Waals surface area contributed by atoms with Gasteiger partial charge in [-0.3, -0.25) is 4.79 Å². The predicted molar refractivity (Wildman–Crippen MR) is 74.8 cm³/mol. The van der Waals surface area contributed by atoms with Gasteiger partial charge in [0.05, 0.1) is 18.2 Å². The second-order valence-electron chi connectivity index (χ2n) is 4.12. The van der Waals surface area contributed by atoms with E-state index in [9.17, 15) is 4.79 Å². The zero-order valence-electron chi connectivity index (χ0n) is 10.8. The fourth-order valence-corrected chi connectivity index (χ4v) is 1.89. The molecule has 3 aromatic rings. The second-order valence-corrected chi connectivity index (χ2v) is 4.12. The van der Waals surface area contributed by atoms with Crippen LogP contribution in [0.25, 0.3) is 11.0 Å². The summed E-state index contributed by atoms with van der Waals surface area (Å²) < 4.78 is 5.08. The molecule has 0 radical (unpaired) electrons. The Bertz CT molecular complexity index is 752. The number of ether oxygens (including phenoxy) is 1. The summed E-state index contributed by atoms with van der Waals surface area (Å²) in [6.07, 6.45) is 3.24. The van der Waals surface area contributed by atoms with Crippen molar-refractivity contribution in [3.05, 3.63) is 48.3 Å². The normalized spacial score (nSPS) is 10.4. The van der Waals surface area contributed by atoms with Crippen LogP contribution in [0, 0.1) is 0 Å². The van der Waals surface area contributed by atoms with Crippen LogP contribution in [0.2, 0.25) is 0 Å². The van der Waals surface area contributed by atoms with Gasteiger partial charge in [0, 0.05) is 18.5 Å². The van der Waals surface area contributed by atoms with E-state index in [2.05, 4.69) is 20.3 Å². The number of aromatic amines is 1. The molecule has 6 heteroatoms. The Morgan fingerprint density at radius 3 is 2.95 bits per heavy atom. The summed E-state index contributed by atoms with van der Waals surface area (Å²) in [4.78, 5) is 23.6. The fourth-order valence-electron chi connectivity index (χ4n) is 1.89. The highest BCUT2D eigenvalue weighted by molar-refractivity contribution is 6.11. The monoisotopic (exact) mass is 268 g/mol. The molecule has 0 atom stereocenters. The number of amides is 1. The van der Waals surface area contributed by atoms with Gasteiger partial charge in [-0.15, -0.1) is 0 Å². The lowest BCUT2D eigenvalue weighted by Crippen LogP contribution is -2.12. The Labute approximate surface area is 114 Å². The average Bonchev–Trinajstić information content (AvgIpc) is 2.91. The molecule has 3 aromatic heterocycles. The molecule has 0 unspecified atom stereocenters. The number of carbonyl (C=O) groups excluding carboxylic acids is 1. The molecule has 0 saturated carbocycles. The molecule has 2 N–H and O–H groups in total. The van der Waals surface area contributed by atoms with Crippen LogP contribution in [-0.2, 0) is 0 Å². The Morgan fingerprint density at radius 2 is 2.20 bits per heavy atom. The number of rotatable bonds is 3. The van der Waals surface area contributed by atoms with Gasteiger partial charge in [0.1, 0.15) is 11.3 Å². The third kappa shape index (κ3) is 2.18. The molecule has 0 aliphatic carbocycles. The lowest BCUT2D eigenvalue weighted by atomic mass is 10.2. The zero-order chi connectivity index (χ0) is 13.9. The minimum atomic E-state index is -0.268. The molecule has 0 aliphatic rings. The van der Waals surface area contributed by atoms with Gasteiger partial charge < -0.3 is 15.0 Å². The number of pyridine rings is 2. The van der Waals surface area contributed by atoms with Crippen LogP contribution in [0.5, 0.6) is 5.88 Å². The van der Waals surface area contributed by atoms with E-state index in [1.807, 2.05) is 6.07 Å². The van der Waals surface area contributed by atoms with Crippen molar-refractivity contribution in [2.45, 2.75) is 0 Å². The number of fused-ring (bicyclic) bond motifs is 1. The summed E-state index contributed by atoms with van der Waals surface area (Å²) in [6.45, 7) is 0. The van der Waals surface area contributed by atoms with E-state index >= 15 is 0 Å². The van der Waals surface area contributed by atoms with Crippen LogP contribution in [0.3, 0.4) is 0 Å². The number of aromatic nitrogens is 3. The zero-order valence-corrected chi connectivity index (χ0v) is 10.8. The van der Waals surface area contributed by atoms with Crippen LogP contribution in [0.1, 0.15) is 10.4 Å². The SMILES string of the molecule is COc1ccc2[nH]cc(C(=O)Nc3ccccn3)c2n1. The average molecular weight is 268 g/mol. The van der Waals surface area contributed by atoms with E-state index in [0.717, 1.165) is 5.52 Å². The number of anilines is 1. The van der Waals surface area contributed by atoms with Crippen molar-refractivity contribution in [1.29, 1.82) is 0 Å². The van der Waals surface area contributed by atoms with E-state index < -0.39 is 0 Å². The molecule has 0 saturated heterocycles. The van der Waals surface area contributed by atoms with Crippen molar-refractivity contribution in [2.24, 2.45) is 0 Å². The number of hydrogen-bond donors (Lipinski definition) is 2. The molecular formula is C14H12N4O2.